The summed E-state index contributed by atoms with van der Waals surface area (Å²) in [6, 6.07) is 0. The molecule has 3 radical (unpaired) electrons. The minimum absolute atomic E-state index is 0. The Bertz CT molecular complexity index is 8.00. The fraction of sp³-hybridized carbons (Fsp3) is 0. The van der Waals surface area contributed by atoms with Crippen molar-refractivity contribution in [2.24, 2.45) is 0 Å². The molecular formula is CoLiMgO. The first-order valence-electron chi connectivity index (χ1n) is 0.136. The van der Waals surface area contributed by atoms with Crippen molar-refractivity contribution in [3.05, 3.63) is 0 Å². The van der Waals surface area contributed by atoms with E-state index in [1.165, 1.54) is 0 Å². The molecule has 0 bridgehead atoms. The van der Waals surface area contributed by atoms with Crippen molar-refractivity contribution in [2.45, 2.75) is 0 Å². The molecule has 0 aromatic carbocycles. The van der Waals surface area contributed by atoms with Crippen molar-refractivity contribution in [3.8, 4) is 0 Å². The molecule has 0 heterocycles. The topological polar surface area (TPSA) is 17.1 Å². The second kappa shape index (κ2) is 22.6. The van der Waals surface area contributed by atoms with E-state index in [1.54, 1.807) is 0 Å². The fourth-order valence-corrected chi connectivity index (χ4v) is 0. The zero-order valence-electron chi connectivity index (χ0n) is 2.45. The SMILES string of the molecule is [Li].[Mg].[O]=[Co]. The Kier molecular flexibility index (Phi) is 97.8. The molecule has 0 fully saturated rings. The Morgan fingerprint density at radius 3 is 1.25 bits per heavy atom. The van der Waals surface area contributed by atoms with Gasteiger partial charge in [-0.2, -0.15) is 0 Å². The Morgan fingerprint density at radius 2 is 1.25 bits per heavy atom. The van der Waals surface area contributed by atoms with Crippen LogP contribution in [0.2, 0.25) is 0 Å². The molecule has 0 spiro atoms. The van der Waals surface area contributed by atoms with Crippen molar-refractivity contribution in [2.75, 3.05) is 0 Å². The third-order valence-corrected chi connectivity index (χ3v) is 0. The molecule has 0 aromatic heterocycles. The molecule has 1 nitrogen and oxygen atoms in total. The van der Waals surface area contributed by atoms with Crippen molar-refractivity contribution in [1.29, 1.82) is 0 Å². The van der Waals surface area contributed by atoms with Gasteiger partial charge in [-0.15, -0.1) is 0 Å². The quantitative estimate of drug-likeness (QED) is 0.366. The molecule has 4 heteroatoms. The first-order valence-corrected chi connectivity index (χ1v) is 0.561. The summed E-state index contributed by atoms with van der Waals surface area (Å²) in [5, 5.41) is 0. The minimum atomic E-state index is 0. The summed E-state index contributed by atoms with van der Waals surface area (Å²) in [7, 11) is 0. The second-order valence-electron chi connectivity index (χ2n) is 0. The fourth-order valence-electron chi connectivity index (χ4n) is 0. The van der Waals surface area contributed by atoms with Crippen LogP contribution in [0, 0.1) is 0 Å². The van der Waals surface area contributed by atoms with Gasteiger partial charge in [0, 0.05) is 41.9 Å². The molecule has 0 N–H and O–H groups in total. The van der Waals surface area contributed by atoms with Crippen LogP contribution < -0.4 is 0 Å². The van der Waals surface area contributed by atoms with E-state index in [2.05, 4.69) is 15.7 Å². The predicted octanol–water partition coefficient (Wildman–Crippen LogP) is -0.883. The van der Waals surface area contributed by atoms with Crippen LogP contribution in [0.4, 0.5) is 0 Å². The summed E-state index contributed by atoms with van der Waals surface area (Å²) in [5.74, 6) is 0. The molecule has 0 aliphatic carbocycles. The third-order valence-electron chi connectivity index (χ3n) is 0. The zero-order valence-corrected chi connectivity index (χ0v) is 4.90. The molecule has 0 amide bonds. The van der Waals surface area contributed by atoms with Crippen molar-refractivity contribution in [3.63, 3.8) is 0 Å². The molecule has 0 atom stereocenters. The van der Waals surface area contributed by atoms with Gasteiger partial charge < -0.3 is 0 Å². The van der Waals surface area contributed by atoms with Crippen LogP contribution in [0.1, 0.15) is 0 Å². The van der Waals surface area contributed by atoms with E-state index in [1.807, 2.05) is 0 Å². The van der Waals surface area contributed by atoms with Gasteiger partial charge in [0.2, 0.25) is 0 Å². The van der Waals surface area contributed by atoms with E-state index >= 15 is 0 Å². The Morgan fingerprint density at radius 1 is 1.25 bits per heavy atom. The Labute approximate surface area is 61.0 Å². The molecule has 0 saturated carbocycles. The van der Waals surface area contributed by atoms with Gasteiger partial charge in [0.25, 0.3) is 0 Å². The van der Waals surface area contributed by atoms with Crippen LogP contribution in [0.3, 0.4) is 0 Å². The number of hydrogen-bond acceptors (Lipinski definition) is 1. The maximum atomic E-state index is 7.94. The Hall–Kier alpha value is 1.67. The van der Waals surface area contributed by atoms with E-state index in [0.29, 0.717) is 0 Å². The summed E-state index contributed by atoms with van der Waals surface area (Å²) in [4.78, 5) is 0. The summed E-state index contributed by atoms with van der Waals surface area (Å²) in [6.45, 7) is 0. The summed E-state index contributed by atoms with van der Waals surface area (Å²) in [5.41, 5.74) is 0. The second-order valence-corrected chi connectivity index (χ2v) is 0. The molecule has 0 aliphatic rings. The van der Waals surface area contributed by atoms with Crippen molar-refractivity contribution < 1.29 is 19.5 Å². The number of hydrogen-bond donors (Lipinski definition) is 0. The maximum absolute atomic E-state index is 7.94. The van der Waals surface area contributed by atoms with E-state index in [0.717, 1.165) is 0 Å². The average molecular weight is 106 g/mol. The van der Waals surface area contributed by atoms with Crippen LogP contribution in [0.5, 0.6) is 0 Å². The molecule has 0 rings (SSSR count). The Balaban J connectivity index is -0.00000000500. The average Bonchev–Trinajstić information content (AvgIpc) is 1.00. The first-order chi connectivity index (χ1) is 1.00. The van der Waals surface area contributed by atoms with Crippen LogP contribution in [-0.2, 0) is 19.5 Å². The molecule has 0 aromatic rings. The van der Waals surface area contributed by atoms with E-state index in [4.69, 9.17) is 3.87 Å². The first kappa shape index (κ1) is 17.3. The molecule has 0 saturated heterocycles. The van der Waals surface area contributed by atoms with Gasteiger partial charge in [-0.25, -0.2) is 0 Å². The van der Waals surface area contributed by atoms with Gasteiger partial charge in [0.15, 0.2) is 0 Å². The van der Waals surface area contributed by atoms with Gasteiger partial charge in [0.05, 0.1) is 0 Å². The standard InChI is InChI=1S/Co.Li.Mg.O. The molecular weight excluding hydrogens is 106 g/mol. The van der Waals surface area contributed by atoms with Crippen LogP contribution >= 0.6 is 0 Å². The molecule has 4 heavy (non-hydrogen) atoms. The summed E-state index contributed by atoms with van der Waals surface area (Å²) in [6.07, 6.45) is 0. The van der Waals surface area contributed by atoms with Crippen LogP contribution in [-0.4, -0.2) is 41.9 Å². The summed E-state index contributed by atoms with van der Waals surface area (Å²) < 4.78 is 7.94. The van der Waals surface area contributed by atoms with Crippen molar-refractivity contribution >= 4 is 41.9 Å². The van der Waals surface area contributed by atoms with Gasteiger partial charge >= 0.3 is 19.5 Å². The van der Waals surface area contributed by atoms with Gasteiger partial charge in [-0.1, -0.05) is 0 Å². The van der Waals surface area contributed by atoms with E-state index in [9.17, 15) is 0 Å². The normalized spacial score (nSPS) is 1.25. The zero-order chi connectivity index (χ0) is 2.00. The molecule has 0 aliphatic heterocycles. The monoisotopic (exact) mass is 106 g/mol. The van der Waals surface area contributed by atoms with Crippen molar-refractivity contribution in [1.82, 2.24) is 0 Å². The van der Waals surface area contributed by atoms with Gasteiger partial charge in [-0.3, -0.25) is 0 Å². The van der Waals surface area contributed by atoms with Crippen LogP contribution in [0.25, 0.3) is 0 Å². The predicted molar refractivity (Wildman–Crippen MR) is 12.2 cm³/mol. The molecule has 18 valence electrons. The third kappa shape index (κ3) is 9.38. The van der Waals surface area contributed by atoms with Gasteiger partial charge in [-0.05, 0) is 0 Å². The van der Waals surface area contributed by atoms with Crippen LogP contribution in [0.15, 0.2) is 0 Å². The summed E-state index contributed by atoms with van der Waals surface area (Å²) >= 11 is 2.31. The van der Waals surface area contributed by atoms with E-state index < -0.39 is 0 Å². The van der Waals surface area contributed by atoms with Gasteiger partial charge in [0.1, 0.15) is 0 Å². The number of rotatable bonds is 0. The van der Waals surface area contributed by atoms with E-state index in [-0.39, 0.29) is 41.9 Å². The molecule has 0 unspecified atom stereocenters.